The maximum Gasteiger partial charge on any atom is 0.268 e. The summed E-state index contributed by atoms with van der Waals surface area (Å²) < 4.78 is 42.4. The van der Waals surface area contributed by atoms with Gasteiger partial charge in [-0.1, -0.05) is 59.4 Å². The van der Waals surface area contributed by atoms with Crippen LogP contribution in [0.25, 0.3) is 26.9 Å². The molecule has 0 aliphatic rings. The Labute approximate surface area is 259 Å². The third-order valence-electron chi connectivity index (χ3n) is 7.11. The fraction of sp³-hybridized carbons (Fsp3) is 0.194. The summed E-state index contributed by atoms with van der Waals surface area (Å²) in [6.07, 6.45) is 3.18. The van der Waals surface area contributed by atoms with Crippen molar-refractivity contribution < 1.29 is 17.9 Å². The Balaban J connectivity index is 1.74. The Kier molecular flexibility index (Phi) is 9.14. The van der Waals surface area contributed by atoms with Crippen molar-refractivity contribution >= 4 is 38.3 Å². The summed E-state index contributed by atoms with van der Waals surface area (Å²) in [4.78, 5) is 8.61. The van der Waals surface area contributed by atoms with E-state index in [1.165, 1.54) is 29.0 Å². The molecule has 0 saturated carbocycles. The first-order chi connectivity index (χ1) is 21.2. The van der Waals surface area contributed by atoms with Crippen LogP contribution in [-0.2, 0) is 21.5 Å². The van der Waals surface area contributed by atoms with Gasteiger partial charge in [0.2, 0.25) is 0 Å². The van der Waals surface area contributed by atoms with E-state index in [2.05, 4.69) is 21.6 Å². The molecule has 5 rings (SSSR count). The average molecular weight is 630 g/mol. The zero-order valence-corrected chi connectivity index (χ0v) is 26.0. The minimum Gasteiger partial charge on any atom is -0.495 e. The summed E-state index contributed by atoms with van der Waals surface area (Å²) in [6.45, 7) is 6.41. The molecule has 2 aromatic heterocycles. The quantitative estimate of drug-likeness (QED) is 0.0938. The first-order valence-electron chi connectivity index (χ1n) is 13.5. The van der Waals surface area contributed by atoms with Crippen LogP contribution in [0.1, 0.15) is 28.4 Å². The van der Waals surface area contributed by atoms with Crippen LogP contribution in [0, 0.1) is 6.92 Å². The lowest BCUT2D eigenvalue weighted by atomic mass is 9.95. The van der Waals surface area contributed by atoms with Crippen molar-refractivity contribution in [2.24, 2.45) is 10.8 Å². The van der Waals surface area contributed by atoms with Crippen molar-refractivity contribution in [2.45, 2.75) is 34.6 Å². The summed E-state index contributed by atoms with van der Waals surface area (Å²) in [6, 6.07) is 19.1. The first-order valence-corrected chi connectivity index (χ1v) is 15.7. The first kappa shape index (κ1) is 30.9. The number of nitrogens with two attached hydrogens (primary N) is 1. The van der Waals surface area contributed by atoms with E-state index < -0.39 is 16.1 Å². The summed E-state index contributed by atoms with van der Waals surface area (Å²) in [5, 5.41) is 4.86. The molecule has 0 fully saturated rings. The zero-order valence-electron chi connectivity index (χ0n) is 24.4. The molecule has 0 radical (unpaired) electrons. The Hall–Kier alpha value is -4.52. The monoisotopic (exact) mass is 629 g/mol. The fourth-order valence-corrected chi connectivity index (χ4v) is 7.19. The topological polar surface area (TPSA) is 150 Å². The molecule has 0 amide bonds. The second-order valence-corrected chi connectivity index (χ2v) is 12.8. The molecule has 1 atom stereocenters. The van der Waals surface area contributed by atoms with Crippen molar-refractivity contribution in [3.63, 3.8) is 0 Å². The second kappa shape index (κ2) is 13.0. The largest absolute Gasteiger partial charge is 0.495 e. The minimum absolute atomic E-state index is 0.0945. The van der Waals surface area contributed by atoms with Crippen LogP contribution in [0.15, 0.2) is 106 Å². The highest BCUT2D eigenvalue weighted by Gasteiger charge is 2.29. The normalized spacial score (nSPS) is 12.2. The SMILES string of the molecule is C=C(c1ccc(OC)c2c1c(C(N)CN=[N+]=[N-])cn2S(=O)(=O)c1ccc(C)cc1)c1cnc(Sc2ccccc2)n1COC. The molecule has 0 aliphatic carbocycles. The van der Waals surface area contributed by atoms with E-state index in [9.17, 15) is 8.42 Å². The number of azide groups is 1. The van der Waals surface area contributed by atoms with E-state index in [1.807, 2.05) is 47.9 Å². The molecule has 5 aromatic rings. The fourth-order valence-electron chi connectivity index (χ4n) is 4.94. The summed E-state index contributed by atoms with van der Waals surface area (Å²) in [7, 11) is -1.03. The van der Waals surface area contributed by atoms with Gasteiger partial charge in [-0.3, -0.25) is 4.57 Å². The Morgan fingerprint density at radius 1 is 1.14 bits per heavy atom. The highest BCUT2D eigenvalue weighted by molar-refractivity contribution is 7.99. The molecule has 11 nitrogen and oxygen atoms in total. The number of ether oxygens (including phenoxy) is 2. The van der Waals surface area contributed by atoms with Crippen LogP contribution in [0.3, 0.4) is 0 Å². The van der Waals surface area contributed by atoms with Gasteiger partial charge in [-0.2, -0.15) is 0 Å². The van der Waals surface area contributed by atoms with Crippen molar-refractivity contribution in [3.8, 4) is 5.75 Å². The molecule has 2 heterocycles. The number of imidazole rings is 1. The maximum absolute atomic E-state index is 14.1. The molecular weight excluding hydrogens is 599 g/mol. The summed E-state index contributed by atoms with van der Waals surface area (Å²) in [5.41, 5.74) is 19.0. The van der Waals surface area contributed by atoms with Crippen LogP contribution in [-0.4, -0.2) is 42.7 Å². The van der Waals surface area contributed by atoms with Gasteiger partial charge in [-0.25, -0.2) is 17.4 Å². The van der Waals surface area contributed by atoms with Gasteiger partial charge in [-0.05, 0) is 60.0 Å². The molecule has 3 aromatic carbocycles. The van der Waals surface area contributed by atoms with Gasteiger partial charge in [0.05, 0.1) is 23.9 Å². The third kappa shape index (κ3) is 5.83. The maximum atomic E-state index is 14.1. The van der Waals surface area contributed by atoms with Gasteiger partial charge in [0, 0.05) is 46.7 Å². The van der Waals surface area contributed by atoms with Crippen molar-refractivity contribution in [3.05, 3.63) is 119 Å². The van der Waals surface area contributed by atoms with Crippen molar-refractivity contribution in [1.82, 2.24) is 13.5 Å². The van der Waals surface area contributed by atoms with Crippen LogP contribution in [0.4, 0.5) is 0 Å². The van der Waals surface area contributed by atoms with Crippen molar-refractivity contribution in [2.75, 3.05) is 20.8 Å². The van der Waals surface area contributed by atoms with Crippen molar-refractivity contribution in [1.29, 1.82) is 0 Å². The average Bonchev–Trinajstić information content (AvgIpc) is 3.63. The van der Waals surface area contributed by atoms with E-state index in [4.69, 9.17) is 20.7 Å². The molecule has 13 heteroatoms. The van der Waals surface area contributed by atoms with E-state index in [-0.39, 0.29) is 23.7 Å². The van der Waals surface area contributed by atoms with E-state index in [0.717, 1.165) is 10.5 Å². The number of hydrogen-bond donors (Lipinski definition) is 1. The van der Waals surface area contributed by atoms with Gasteiger partial charge >= 0.3 is 0 Å². The number of hydrogen-bond acceptors (Lipinski definition) is 8. The van der Waals surface area contributed by atoms with E-state index in [1.54, 1.807) is 43.6 Å². The molecule has 0 saturated heterocycles. The van der Waals surface area contributed by atoms with E-state index >= 15 is 0 Å². The number of aromatic nitrogens is 3. The molecule has 2 N–H and O–H groups in total. The molecule has 0 spiro atoms. The third-order valence-corrected chi connectivity index (χ3v) is 9.80. The highest BCUT2D eigenvalue weighted by Crippen LogP contribution is 2.41. The number of nitrogens with zero attached hydrogens (tertiary/aromatic N) is 6. The lowest BCUT2D eigenvalue weighted by Gasteiger charge is -2.16. The Morgan fingerprint density at radius 3 is 2.52 bits per heavy atom. The van der Waals surface area contributed by atoms with Gasteiger partial charge < -0.3 is 15.2 Å². The number of fused-ring (bicyclic) bond motifs is 1. The number of rotatable bonds is 12. The molecule has 1 unspecified atom stereocenters. The number of benzene rings is 3. The number of aryl methyl sites for hydroxylation is 1. The van der Waals surface area contributed by atoms with Gasteiger partial charge in [0.15, 0.2) is 5.16 Å². The van der Waals surface area contributed by atoms with Crippen LogP contribution >= 0.6 is 11.8 Å². The highest BCUT2D eigenvalue weighted by atomic mass is 32.2. The standard InChI is InChI=1S/C31H31N7O4S2/c1-20-10-12-23(13-11-20)44(39,40)38-18-25(26(32)16-35-36-33)29-24(14-15-28(42-4)30(29)38)21(2)27-17-34-31(37(27)19-41-3)43-22-8-6-5-7-9-22/h5-15,17-18,26H,2,16,19,32H2,1,3-4H3. The van der Waals surface area contributed by atoms with Gasteiger partial charge in [-0.15, -0.1) is 0 Å². The van der Waals surface area contributed by atoms with Gasteiger partial charge in [0.1, 0.15) is 18.0 Å². The van der Waals surface area contributed by atoms with Crippen LogP contribution < -0.4 is 10.5 Å². The Morgan fingerprint density at radius 2 is 1.86 bits per heavy atom. The van der Waals surface area contributed by atoms with Crippen LogP contribution in [0.5, 0.6) is 5.75 Å². The van der Waals surface area contributed by atoms with Crippen LogP contribution in [0.2, 0.25) is 0 Å². The Bertz CT molecular complexity index is 1980. The predicted molar refractivity (Wildman–Crippen MR) is 171 cm³/mol. The molecule has 0 bridgehead atoms. The summed E-state index contributed by atoms with van der Waals surface area (Å²) in [5.74, 6) is 0.320. The zero-order chi connectivity index (χ0) is 31.4. The minimum atomic E-state index is -4.10. The lowest BCUT2D eigenvalue weighted by Crippen LogP contribution is -2.14. The smallest absolute Gasteiger partial charge is 0.268 e. The van der Waals surface area contributed by atoms with E-state index in [0.29, 0.717) is 38.7 Å². The van der Waals surface area contributed by atoms with Gasteiger partial charge in [0.25, 0.3) is 10.0 Å². The second-order valence-electron chi connectivity index (χ2n) is 9.92. The molecule has 226 valence electrons. The number of methoxy groups -OCH3 is 2. The summed E-state index contributed by atoms with van der Waals surface area (Å²) >= 11 is 1.48. The molecule has 44 heavy (non-hydrogen) atoms. The lowest BCUT2D eigenvalue weighted by molar-refractivity contribution is 0.123. The molecular formula is C31H31N7O4S2. The molecule has 0 aliphatic heterocycles. The predicted octanol–water partition coefficient (Wildman–Crippen LogP) is 6.52.